The van der Waals surface area contributed by atoms with Gasteiger partial charge in [-0.2, -0.15) is 11.8 Å². The number of urea groups is 1. The Morgan fingerprint density at radius 3 is 2.83 bits per heavy atom. The Bertz CT molecular complexity index is 299. The summed E-state index contributed by atoms with van der Waals surface area (Å²) in [7, 11) is 0. The van der Waals surface area contributed by atoms with Crippen molar-refractivity contribution in [2.45, 2.75) is 43.9 Å². The molecule has 0 radical (unpaired) electrons. The second-order valence-corrected chi connectivity index (χ2v) is 5.89. The molecular formula is C12H22N2O3S. The van der Waals surface area contributed by atoms with E-state index in [2.05, 4.69) is 12.2 Å². The first-order chi connectivity index (χ1) is 8.56. The van der Waals surface area contributed by atoms with Crippen LogP contribution in [0.5, 0.6) is 0 Å². The fraction of sp³-hybridized carbons (Fsp3) is 0.833. The standard InChI is InChI=1S/C12H22N2O3S/c1-9(18-2)6-7-13-12(17)14-8-4-3-5-10(14)11(15)16/h9-10H,3-8H2,1-2H3,(H,13,17)(H,15,16). The molecule has 1 aliphatic heterocycles. The Morgan fingerprint density at radius 1 is 1.50 bits per heavy atom. The zero-order chi connectivity index (χ0) is 13.5. The highest BCUT2D eigenvalue weighted by molar-refractivity contribution is 7.99. The molecule has 2 atom stereocenters. The van der Waals surface area contributed by atoms with Gasteiger partial charge in [0, 0.05) is 18.3 Å². The van der Waals surface area contributed by atoms with Crippen LogP contribution in [0.15, 0.2) is 0 Å². The van der Waals surface area contributed by atoms with Crippen molar-refractivity contribution < 1.29 is 14.7 Å². The first-order valence-corrected chi connectivity index (χ1v) is 7.65. The molecule has 0 spiro atoms. The molecule has 2 amide bonds. The number of amides is 2. The summed E-state index contributed by atoms with van der Waals surface area (Å²) in [5.41, 5.74) is 0. The van der Waals surface area contributed by atoms with E-state index in [9.17, 15) is 9.59 Å². The molecule has 6 heteroatoms. The van der Waals surface area contributed by atoms with Crippen molar-refractivity contribution in [1.29, 1.82) is 0 Å². The van der Waals surface area contributed by atoms with E-state index in [1.165, 1.54) is 4.90 Å². The van der Waals surface area contributed by atoms with E-state index in [1.807, 2.05) is 6.26 Å². The largest absolute Gasteiger partial charge is 0.480 e. The average Bonchev–Trinajstić information content (AvgIpc) is 2.38. The van der Waals surface area contributed by atoms with E-state index in [-0.39, 0.29) is 6.03 Å². The molecule has 0 aliphatic carbocycles. The number of carbonyl (C=O) groups is 2. The molecule has 18 heavy (non-hydrogen) atoms. The van der Waals surface area contributed by atoms with Gasteiger partial charge in [0.2, 0.25) is 0 Å². The maximum absolute atomic E-state index is 11.9. The van der Waals surface area contributed by atoms with Gasteiger partial charge in [-0.3, -0.25) is 0 Å². The van der Waals surface area contributed by atoms with Crippen molar-refractivity contribution in [2.75, 3.05) is 19.3 Å². The maximum atomic E-state index is 11.9. The molecule has 2 N–H and O–H groups in total. The quantitative estimate of drug-likeness (QED) is 0.801. The lowest BCUT2D eigenvalue weighted by molar-refractivity contribution is -0.143. The van der Waals surface area contributed by atoms with Gasteiger partial charge in [-0.1, -0.05) is 6.92 Å². The minimum atomic E-state index is -0.901. The van der Waals surface area contributed by atoms with Crippen LogP contribution in [0.25, 0.3) is 0 Å². The van der Waals surface area contributed by atoms with E-state index in [0.29, 0.717) is 24.8 Å². The predicted octanol–water partition coefficient (Wildman–Crippen LogP) is 1.78. The molecule has 1 heterocycles. The first kappa shape index (κ1) is 15.1. The van der Waals surface area contributed by atoms with Gasteiger partial charge in [-0.05, 0) is 31.9 Å². The molecule has 0 saturated carbocycles. The highest BCUT2D eigenvalue weighted by atomic mass is 32.2. The third-order valence-corrected chi connectivity index (χ3v) is 4.32. The number of carbonyl (C=O) groups excluding carboxylic acids is 1. The van der Waals surface area contributed by atoms with Crippen LogP contribution in [0.2, 0.25) is 0 Å². The van der Waals surface area contributed by atoms with Crippen LogP contribution in [0.4, 0.5) is 4.79 Å². The zero-order valence-electron chi connectivity index (χ0n) is 11.0. The van der Waals surface area contributed by atoms with Crippen LogP contribution in [0, 0.1) is 0 Å². The normalized spacial score (nSPS) is 21.4. The molecule has 0 aromatic carbocycles. The van der Waals surface area contributed by atoms with E-state index in [1.54, 1.807) is 11.8 Å². The first-order valence-electron chi connectivity index (χ1n) is 6.36. The Balaban J connectivity index is 2.41. The topological polar surface area (TPSA) is 69.6 Å². The summed E-state index contributed by atoms with van der Waals surface area (Å²) >= 11 is 1.76. The predicted molar refractivity (Wildman–Crippen MR) is 73.0 cm³/mol. The second-order valence-electron chi connectivity index (χ2n) is 4.61. The summed E-state index contributed by atoms with van der Waals surface area (Å²) in [6.07, 6.45) is 5.27. The number of rotatable bonds is 5. The van der Waals surface area contributed by atoms with Crippen molar-refractivity contribution in [3.63, 3.8) is 0 Å². The van der Waals surface area contributed by atoms with Crippen molar-refractivity contribution in [1.82, 2.24) is 10.2 Å². The summed E-state index contributed by atoms with van der Waals surface area (Å²) in [6, 6.07) is -0.896. The monoisotopic (exact) mass is 274 g/mol. The lowest BCUT2D eigenvalue weighted by atomic mass is 10.0. The molecule has 2 unspecified atom stereocenters. The Labute approximate surface area is 112 Å². The minimum Gasteiger partial charge on any atom is -0.480 e. The SMILES string of the molecule is CSC(C)CCNC(=O)N1CCCCC1C(=O)O. The summed E-state index contributed by atoms with van der Waals surface area (Å²) < 4.78 is 0. The molecule has 0 bridgehead atoms. The molecule has 1 saturated heterocycles. The Kier molecular flexibility index (Phi) is 6.32. The van der Waals surface area contributed by atoms with Gasteiger partial charge in [0.1, 0.15) is 6.04 Å². The lowest BCUT2D eigenvalue weighted by Gasteiger charge is -2.33. The molecule has 104 valence electrons. The molecule has 1 fully saturated rings. The molecule has 1 aliphatic rings. The van der Waals surface area contributed by atoms with Gasteiger partial charge >= 0.3 is 12.0 Å². The van der Waals surface area contributed by atoms with Gasteiger partial charge < -0.3 is 15.3 Å². The lowest BCUT2D eigenvalue weighted by Crippen LogP contribution is -2.52. The van der Waals surface area contributed by atoms with Gasteiger partial charge in [-0.25, -0.2) is 9.59 Å². The van der Waals surface area contributed by atoms with Crippen LogP contribution < -0.4 is 5.32 Å². The van der Waals surface area contributed by atoms with Gasteiger partial charge in [0.25, 0.3) is 0 Å². The van der Waals surface area contributed by atoms with Crippen LogP contribution in [-0.4, -0.2) is 52.6 Å². The number of hydrogen-bond acceptors (Lipinski definition) is 3. The van der Waals surface area contributed by atoms with Crippen LogP contribution >= 0.6 is 11.8 Å². The van der Waals surface area contributed by atoms with E-state index >= 15 is 0 Å². The highest BCUT2D eigenvalue weighted by Crippen LogP contribution is 2.17. The number of nitrogens with one attached hydrogen (secondary N) is 1. The molecule has 0 aromatic heterocycles. The van der Waals surface area contributed by atoms with Gasteiger partial charge in [0.05, 0.1) is 0 Å². The summed E-state index contributed by atoms with van der Waals surface area (Å²) in [5, 5.41) is 12.4. The number of aliphatic carboxylic acids is 1. The number of carboxylic acid groups (broad SMARTS) is 1. The highest BCUT2D eigenvalue weighted by Gasteiger charge is 2.31. The molecule has 1 rings (SSSR count). The number of thioether (sulfide) groups is 1. The van der Waals surface area contributed by atoms with Gasteiger partial charge in [-0.15, -0.1) is 0 Å². The van der Waals surface area contributed by atoms with Crippen LogP contribution in [0.1, 0.15) is 32.6 Å². The fourth-order valence-corrected chi connectivity index (χ4v) is 2.39. The van der Waals surface area contributed by atoms with Crippen molar-refractivity contribution in [2.24, 2.45) is 0 Å². The fourth-order valence-electron chi connectivity index (χ4n) is 2.03. The van der Waals surface area contributed by atoms with Gasteiger partial charge in [0.15, 0.2) is 0 Å². The Morgan fingerprint density at radius 2 is 2.22 bits per heavy atom. The average molecular weight is 274 g/mol. The summed E-state index contributed by atoms with van der Waals surface area (Å²) in [6.45, 7) is 3.25. The van der Waals surface area contributed by atoms with Crippen LogP contribution in [-0.2, 0) is 4.79 Å². The smallest absolute Gasteiger partial charge is 0.326 e. The van der Waals surface area contributed by atoms with Crippen LogP contribution in [0.3, 0.4) is 0 Å². The van der Waals surface area contributed by atoms with E-state index in [0.717, 1.165) is 19.3 Å². The number of likely N-dealkylation sites (tertiary alicyclic amines) is 1. The number of carboxylic acids is 1. The number of hydrogen-bond donors (Lipinski definition) is 2. The van der Waals surface area contributed by atoms with Crippen molar-refractivity contribution >= 4 is 23.8 Å². The molecular weight excluding hydrogens is 252 g/mol. The maximum Gasteiger partial charge on any atom is 0.326 e. The van der Waals surface area contributed by atoms with E-state index < -0.39 is 12.0 Å². The second kappa shape index (κ2) is 7.51. The number of nitrogens with zero attached hydrogens (tertiary/aromatic N) is 1. The summed E-state index contributed by atoms with van der Waals surface area (Å²) in [4.78, 5) is 24.5. The zero-order valence-corrected chi connectivity index (χ0v) is 11.8. The number of piperidine rings is 1. The van der Waals surface area contributed by atoms with Crippen molar-refractivity contribution in [3.05, 3.63) is 0 Å². The third-order valence-electron chi connectivity index (χ3n) is 3.28. The van der Waals surface area contributed by atoms with E-state index in [4.69, 9.17) is 5.11 Å². The third kappa shape index (κ3) is 4.40. The molecule has 5 nitrogen and oxygen atoms in total. The minimum absolute atomic E-state index is 0.240. The van der Waals surface area contributed by atoms with Crippen molar-refractivity contribution in [3.8, 4) is 0 Å². The summed E-state index contributed by atoms with van der Waals surface area (Å²) in [5.74, 6) is -0.901. The molecule has 0 aromatic rings. The Hall–Kier alpha value is -0.910.